The van der Waals surface area contributed by atoms with Crippen LogP contribution in [0.3, 0.4) is 0 Å². The van der Waals surface area contributed by atoms with Gasteiger partial charge in [-0.2, -0.15) is 0 Å². The summed E-state index contributed by atoms with van der Waals surface area (Å²) in [6, 6.07) is 71.1. The molecule has 11 rings (SSSR count). The van der Waals surface area contributed by atoms with Gasteiger partial charge < -0.3 is 13.9 Å². The fourth-order valence-electron chi connectivity index (χ4n) is 8.18. The molecule has 0 fully saturated rings. The van der Waals surface area contributed by atoms with Crippen LogP contribution in [-0.4, -0.2) is 9.55 Å². The summed E-state index contributed by atoms with van der Waals surface area (Å²) in [4.78, 5) is 7.42. The summed E-state index contributed by atoms with van der Waals surface area (Å²) >= 11 is 0. The van der Waals surface area contributed by atoms with Gasteiger partial charge in [0.1, 0.15) is 5.52 Å². The summed E-state index contributed by atoms with van der Waals surface area (Å²) in [6.45, 7) is 0. The largest absolute Gasteiger partial charge is 0.436 e. The quantitative estimate of drug-likeness (QED) is 0.173. The summed E-state index contributed by atoms with van der Waals surface area (Å²) < 4.78 is 8.70. The second-order valence-corrected chi connectivity index (χ2v) is 14.0. The number of hydrogen-bond donors (Lipinski definition) is 0. The Kier molecular flexibility index (Phi) is 7.14. The Labute approximate surface area is 317 Å². The number of nitrogens with zero attached hydrogens (tertiary/aromatic N) is 3. The highest BCUT2D eigenvalue weighted by molar-refractivity contribution is 6.13. The van der Waals surface area contributed by atoms with E-state index in [0.717, 1.165) is 55.7 Å². The zero-order valence-electron chi connectivity index (χ0n) is 29.8. The lowest BCUT2D eigenvalue weighted by Gasteiger charge is -2.27. The van der Waals surface area contributed by atoms with Crippen molar-refractivity contribution in [2.75, 3.05) is 4.90 Å². The van der Waals surface area contributed by atoms with Gasteiger partial charge in [-0.25, -0.2) is 4.98 Å². The third kappa shape index (κ3) is 5.19. The number of oxazole rings is 1. The zero-order chi connectivity index (χ0) is 36.3. The van der Waals surface area contributed by atoms with Crippen molar-refractivity contribution in [2.45, 2.75) is 0 Å². The van der Waals surface area contributed by atoms with E-state index in [1.54, 1.807) is 0 Å². The molecule has 55 heavy (non-hydrogen) atoms. The molecule has 0 aliphatic rings. The maximum Gasteiger partial charge on any atom is 0.227 e. The van der Waals surface area contributed by atoms with Crippen molar-refractivity contribution < 1.29 is 4.42 Å². The summed E-state index contributed by atoms with van der Waals surface area (Å²) in [5.41, 5.74) is 11.6. The van der Waals surface area contributed by atoms with E-state index in [2.05, 4.69) is 179 Å². The van der Waals surface area contributed by atoms with Crippen LogP contribution >= 0.6 is 0 Å². The predicted octanol–water partition coefficient (Wildman–Crippen LogP) is 14.0. The van der Waals surface area contributed by atoms with E-state index >= 15 is 0 Å². The van der Waals surface area contributed by atoms with Crippen molar-refractivity contribution in [3.63, 3.8) is 0 Å². The van der Waals surface area contributed by atoms with Crippen LogP contribution in [0.2, 0.25) is 0 Å². The van der Waals surface area contributed by atoms with Crippen LogP contribution in [0.15, 0.2) is 205 Å². The van der Waals surface area contributed by atoms with Gasteiger partial charge in [-0.1, -0.05) is 121 Å². The van der Waals surface area contributed by atoms with E-state index in [9.17, 15) is 0 Å². The van der Waals surface area contributed by atoms with E-state index in [-0.39, 0.29) is 0 Å². The summed E-state index contributed by atoms with van der Waals surface area (Å²) in [5.74, 6) is 0.619. The number of para-hydroxylation sites is 2. The Morgan fingerprint density at radius 1 is 0.418 bits per heavy atom. The Morgan fingerprint density at radius 3 is 1.95 bits per heavy atom. The molecule has 258 valence electrons. The first-order chi connectivity index (χ1) is 27.3. The van der Waals surface area contributed by atoms with Crippen LogP contribution in [0.5, 0.6) is 0 Å². The molecule has 0 aliphatic heterocycles. The molecule has 9 aromatic carbocycles. The van der Waals surface area contributed by atoms with Gasteiger partial charge in [-0.05, 0) is 101 Å². The molecule has 0 unspecified atom stereocenters. The third-order valence-corrected chi connectivity index (χ3v) is 10.8. The number of hydrogen-bond acceptors (Lipinski definition) is 3. The Balaban J connectivity index is 1.12. The summed E-state index contributed by atoms with van der Waals surface area (Å²) in [7, 11) is 0. The molecular weight excluding hydrogens is 671 g/mol. The van der Waals surface area contributed by atoms with Gasteiger partial charge >= 0.3 is 0 Å². The monoisotopic (exact) mass is 703 g/mol. The van der Waals surface area contributed by atoms with Crippen LogP contribution in [0.4, 0.5) is 17.1 Å². The number of benzene rings is 9. The zero-order valence-corrected chi connectivity index (χ0v) is 29.8. The molecule has 0 aliphatic carbocycles. The lowest BCUT2D eigenvalue weighted by Crippen LogP contribution is -2.10. The smallest absolute Gasteiger partial charge is 0.227 e. The molecule has 11 aromatic rings. The van der Waals surface area contributed by atoms with Crippen molar-refractivity contribution in [3.05, 3.63) is 200 Å². The molecule has 0 bridgehead atoms. The average molecular weight is 704 g/mol. The van der Waals surface area contributed by atoms with Gasteiger partial charge in [-0.3, -0.25) is 0 Å². The van der Waals surface area contributed by atoms with Crippen LogP contribution in [0, 0.1) is 0 Å². The lowest BCUT2D eigenvalue weighted by atomic mass is 10.0. The second kappa shape index (κ2) is 12.6. The SMILES string of the molecule is c1ccc(-c2nc3c(ccc4c(N(c5ccc(-c6ccc7ccccc7c6)cc5)c5ccc6c7ccccc7n(-c7ccccc7)c6c5)cccc43)o2)cc1. The first-order valence-corrected chi connectivity index (χ1v) is 18.6. The maximum atomic E-state index is 6.32. The summed E-state index contributed by atoms with van der Waals surface area (Å²) in [5, 5.41) is 7.05. The molecular formula is C51H33N3O. The lowest BCUT2D eigenvalue weighted by molar-refractivity contribution is 0.620. The number of aromatic nitrogens is 2. The topological polar surface area (TPSA) is 34.2 Å². The highest BCUT2D eigenvalue weighted by Crippen LogP contribution is 2.44. The fourth-order valence-corrected chi connectivity index (χ4v) is 8.18. The van der Waals surface area contributed by atoms with Crippen LogP contribution in [0.25, 0.3) is 82.7 Å². The molecule has 0 saturated carbocycles. The van der Waals surface area contributed by atoms with Crippen molar-refractivity contribution in [1.82, 2.24) is 9.55 Å². The molecule has 0 amide bonds. The minimum atomic E-state index is 0.619. The van der Waals surface area contributed by atoms with Crippen molar-refractivity contribution in [3.8, 4) is 28.3 Å². The molecule has 0 atom stereocenters. The van der Waals surface area contributed by atoms with Gasteiger partial charge in [0.25, 0.3) is 0 Å². The standard InChI is InChI=1S/C51H33N3O/c1-3-13-36(14-4-1)51-52-50-45-19-11-21-46(44(45)30-31-49(50)55-51)53(40-26-24-35(25-27-40)38-23-22-34-12-7-8-15-37(34)32-38)41-28-29-43-42-18-9-10-20-47(42)54(48(43)33-41)39-16-5-2-6-17-39/h1-33H. The van der Waals surface area contributed by atoms with Crippen LogP contribution in [0.1, 0.15) is 0 Å². The first-order valence-electron chi connectivity index (χ1n) is 18.6. The van der Waals surface area contributed by atoms with Gasteiger partial charge in [0, 0.05) is 44.2 Å². The average Bonchev–Trinajstić information content (AvgIpc) is 3.85. The summed E-state index contributed by atoms with van der Waals surface area (Å²) in [6.07, 6.45) is 0. The highest BCUT2D eigenvalue weighted by atomic mass is 16.3. The normalized spacial score (nSPS) is 11.6. The fraction of sp³-hybridized carbons (Fsp3) is 0. The number of anilines is 3. The van der Waals surface area contributed by atoms with Gasteiger partial charge in [0.05, 0.1) is 16.7 Å². The first kappa shape index (κ1) is 31.1. The van der Waals surface area contributed by atoms with E-state index in [4.69, 9.17) is 9.40 Å². The molecule has 0 radical (unpaired) electrons. The molecule has 0 spiro atoms. The molecule has 0 saturated heterocycles. The third-order valence-electron chi connectivity index (χ3n) is 10.8. The minimum Gasteiger partial charge on any atom is -0.436 e. The van der Waals surface area contributed by atoms with Crippen LogP contribution < -0.4 is 4.90 Å². The Morgan fingerprint density at radius 2 is 1.09 bits per heavy atom. The Bertz CT molecular complexity index is 3200. The van der Waals surface area contributed by atoms with Crippen molar-refractivity contribution in [2.24, 2.45) is 0 Å². The van der Waals surface area contributed by atoms with Crippen LogP contribution in [-0.2, 0) is 0 Å². The number of rotatable bonds is 6. The minimum absolute atomic E-state index is 0.619. The molecule has 2 aromatic heterocycles. The molecule has 0 N–H and O–H groups in total. The van der Waals surface area contributed by atoms with Gasteiger partial charge in [-0.15, -0.1) is 0 Å². The molecule has 4 nitrogen and oxygen atoms in total. The van der Waals surface area contributed by atoms with E-state index in [1.165, 1.54) is 38.2 Å². The van der Waals surface area contributed by atoms with E-state index in [1.807, 2.05) is 30.3 Å². The highest BCUT2D eigenvalue weighted by Gasteiger charge is 2.21. The predicted molar refractivity (Wildman–Crippen MR) is 229 cm³/mol. The molecule has 4 heteroatoms. The van der Waals surface area contributed by atoms with Gasteiger partial charge in [0.15, 0.2) is 5.58 Å². The van der Waals surface area contributed by atoms with Crippen molar-refractivity contribution in [1.29, 1.82) is 0 Å². The second-order valence-electron chi connectivity index (χ2n) is 14.0. The van der Waals surface area contributed by atoms with Gasteiger partial charge in [0.2, 0.25) is 5.89 Å². The number of fused-ring (bicyclic) bond motifs is 7. The molecule has 2 heterocycles. The Hall–Kier alpha value is -7.43. The maximum absolute atomic E-state index is 6.32. The van der Waals surface area contributed by atoms with E-state index in [0.29, 0.717) is 5.89 Å². The van der Waals surface area contributed by atoms with E-state index < -0.39 is 0 Å². The van der Waals surface area contributed by atoms with Crippen molar-refractivity contribution >= 4 is 71.5 Å².